The molecule has 1 N–H and O–H groups in total. The summed E-state index contributed by atoms with van der Waals surface area (Å²) in [5.74, 6) is -0.0555. The van der Waals surface area contributed by atoms with E-state index in [2.05, 4.69) is 0 Å². The number of ether oxygens (including phenoxy) is 2. The fourth-order valence-electron chi connectivity index (χ4n) is 1.14. The van der Waals surface area contributed by atoms with Crippen molar-refractivity contribution in [2.45, 2.75) is 6.92 Å². The highest BCUT2D eigenvalue weighted by Gasteiger charge is 2.07. The maximum atomic E-state index is 10.8. The smallest absolute Gasteiger partial charge is 0.335 e. The first kappa shape index (κ1) is 12.1. The molecule has 0 aliphatic rings. The van der Waals surface area contributed by atoms with E-state index in [1.54, 1.807) is 6.07 Å². The van der Waals surface area contributed by atoms with Crippen molar-refractivity contribution in [3.8, 4) is 11.5 Å². The zero-order valence-corrected chi connectivity index (χ0v) is 9.27. The molecule has 0 aromatic heterocycles. The molecule has 0 spiro atoms. The van der Waals surface area contributed by atoms with Crippen molar-refractivity contribution in [3.05, 3.63) is 35.9 Å². The Balaban J connectivity index is 2.90. The summed E-state index contributed by atoms with van der Waals surface area (Å²) in [4.78, 5) is 10.8. The van der Waals surface area contributed by atoms with Crippen molar-refractivity contribution in [3.63, 3.8) is 0 Å². The van der Waals surface area contributed by atoms with Gasteiger partial charge in [-0.2, -0.15) is 0 Å². The number of carboxylic acids is 1. The van der Waals surface area contributed by atoms with Crippen LogP contribution in [0.5, 0.6) is 11.5 Å². The van der Waals surface area contributed by atoms with Crippen LogP contribution < -0.4 is 9.47 Å². The number of hydrogen-bond donors (Lipinski definition) is 1. The molecule has 0 unspecified atom stereocenters. The van der Waals surface area contributed by atoms with Gasteiger partial charge in [0.05, 0.1) is 12.7 Å². The van der Waals surface area contributed by atoms with Crippen LogP contribution in [-0.4, -0.2) is 24.8 Å². The molecule has 1 aromatic carbocycles. The van der Waals surface area contributed by atoms with Gasteiger partial charge in [0.15, 0.2) is 0 Å². The topological polar surface area (TPSA) is 55.8 Å². The number of benzene rings is 1. The average molecular weight is 222 g/mol. The Morgan fingerprint density at radius 2 is 2.06 bits per heavy atom. The van der Waals surface area contributed by atoms with E-state index in [0.29, 0.717) is 18.1 Å². The molecule has 0 aliphatic heterocycles. The van der Waals surface area contributed by atoms with E-state index in [9.17, 15) is 4.79 Å². The van der Waals surface area contributed by atoms with Gasteiger partial charge in [-0.25, -0.2) is 4.79 Å². The zero-order chi connectivity index (χ0) is 12.0. The molecule has 0 bridgehead atoms. The molecule has 0 aliphatic carbocycles. The molecule has 0 fully saturated rings. The number of carboxylic acid groups (broad SMARTS) is 1. The van der Waals surface area contributed by atoms with Crippen molar-refractivity contribution in [2.24, 2.45) is 0 Å². The van der Waals surface area contributed by atoms with Crippen molar-refractivity contribution in [1.82, 2.24) is 0 Å². The highest BCUT2D eigenvalue weighted by atomic mass is 16.5. The summed E-state index contributed by atoms with van der Waals surface area (Å²) < 4.78 is 10.3. The molecular weight excluding hydrogens is 208 g/mol. The van der Waals surface area contributed by atoms with Crippen molar-refractivity contribution in [2.75, 3.05) is 13.7 Å². The number of methoxy groups -OCH3 is 1. The molecule has 0 atom stereocenters. The lowest BCUT2D eigenvalue weighted by Gasteiger charge is -2.07. The van der Waals surface area contributed by atoms with Gasteiger partial charge in [0.1, 0.15) is 18.1 Å². The molecule has 86 valence electrons. The standard InChI is InChI=1S/C12H14O4/c1-3-4-5-16-11-7-9(12(13)14)6-10(8-11)15-2/h3-4,6-8H,5H2,1-2H3,(H,13,14)/b4-3+. The normalized spacial score (nSPS) is 10.4. The number of rotatable bonds is 5. The van der Waals surface area contributed by atoms with Gasteiger partial charge in [-0.3, -0.25) is 0 Å². The lowest BCUT2D eigenvalue weighted by molar-refractivity contribution is 0.0696. The Morgan fingerprint density at radius 1 is 1.38 bits per heavy atom. The molecule has 1 aromatic rings. The fraction of sp³-hybridized carbons (Fsp3) is 0.250. The summed E-state index contributed by atoms with van der Waals surface area (Å²) in [6.45, 7) is 2.29. The van der Waals surface area contributed by atoms with E-state index in [1.807, 2.05) is 19.1 Å². The fourth-order valence-corrected chi connectivity index (χ4v) is 1.14. The Hall–Kier alpha value is -1.97. The van der Waals surface area contributed by atoms with E-state index in [-0.39, 0.29) is 5.56 Å². The summed E-state index contributed by atoms with van der Waals surface area (Å²) in [5.41, 5.74) is 0.148. The zero-order valence-electron chi connectivity index (χ0n) is 9.27. The van der Waals surface area contributed by atoms with Crippen LogP contribution in [-0.2, 0) is 0 Å². The molecule has 4 heteroatoms. The van der Waals surface area contributed by atoms with Gasteiger partial charge in [-0.15, -0.1) is 0 Å². The van der Waals surface area contributed by atoms with Gasteiger partial charge in [-0.1, -0.05) is 12.2 Å². The third-order valence-corrected chi connectivity index (χ3v) is 1.94. The van der Waals surface area contributed by atoms with E-state index in [4.69, 9.17) is 14.6 Å². The van der Waals surface area contributed by atoms with Crippen LogP contribution in [0.15, 0.2) is 30.4 Å². The highest BCUT2D eigenvalue weighted by Crippen LogP contribution is 2.22. The monoisotopic (exact) mass is 222 g/mol. The van der Waals surface area contributed by atoms with E-state index < -0.39 is 5.97 Å². The predicted octanol–water partition coefficient (Wildman–Crippen LogP) is 2.35. The van der Waals surface area contributed by atoms with Gasteiger partial charge in [-0.05, 0) is 19.1 Å². The SMILES string of the molecule is C/C=C/COc1cc(OC)cc(C(=O)O)c1. The van der Waals surface area contributed by atoms with E-state index in [0.717, 1.165) is 0 Å². The molecule has 0 radical (unpaired) electrons. The van der Waals surface area contributed by atoms with Crippen LogP contribution >= 0.6 is 0 Å². The van der Waals surface area contributed by atoms with Crippen LogP contribution in [0.4, 0.5) is 0 Å². The first-order valence-corrected chi connectivity index (χ1v) is 4.83. The molecule has 0 saturated carbocycles. The molecule has 16 heavy (non-hydrogen) atoms. The van der Waals surface area contributed by atoms with Crippen LogP contribution in [0.1, 0.15) is 17.3 Å². The minimum absolute atomic E-state index is 0.148. The number of allylic oxidation sites excluding steroid dienone is 1. The van der Waals surface area contributed by atoms with Crippen LogP contribution in [0.25, 0.3) is 0 Å². The maximum absolute atomic E-state index is 10.8. The summed E-state index contributed by atoms with van der Waals surface area (Å²) in [7, 11) is 1.48. The largest absolute Gasteiger partial charge is 0.497 e. The Morgan fingerprint density at radius 3 is 2.62 bits per heavy atom. The van der Waals surface area contributed by atoms with Gasteiger partial charge >= 0.3 is 5.97 Å². The lowest BCUT2D eigenvalue weighted by Crippen LogP contribution is -2.00. The first-order valence-electron chi connectivity index (χ1n) is 4.83. The molecule has 4 nitrogen and oxygen atoms in total. The Kier molecular flexibility index (Phi) is 4.39. The van der Waals surface area contributed by atoms with E-state index in [1.165, 1.54) is 19.2 Å². The predicted molar refractivity (Wildman–Crippen MR) is 60.3 cm³/mol. The van der Waals surface area contributed by atoms with Crippen molar-refractivity contribution < 1.29 is 19.4 Å². The molecule has 1 rings (SSSR count). The molecule has 0 heterocycles. The second kappa shape index (κ2) is 5.80. The van der Waals surface area contributed by atoms with Gasteiger partial charge in [0.2, 0.25) is 0 Å². The summed E-state index contributed by atoms with van der Waals surface area (Å²) in [5, 5.41) is 8.88. The summed E-state index contributed by atoms with van der Waals surface area (Å²) in [6, 6.07) is 4.56. The second-order valence-electron chi connectivity index (χ2n) is 3.08. The van der Waals surface area contributed by atoms with Crippen LogP contribution in [0.3, 0.4) is 0 Å². The van der Waals surface area contributed by atoms with Gasteiger partial charge in [0, 0.05) is 6.07 Å². The number of carbonyl (C=O) groups is 1. The Labute approximate surface area is 94.1 Å². The van der Waals surface area contributed by atoms with Crippen LogP contribution in [0, 0.1) is 0 Å². The molecular formula is C12H14O4. The molecule has 0 amide bonds. The third-order valence-electron chi connectivity index (χ3n) is 1.94. The summed E-state index contributed by atoms with van der Waals surface area (Å²) in [6.07, 6.45) is 3.69. The highest BCUT2D eigenvalue weighted by molar-refractivity contribution is 5.88. The van der Waals surface area contributed by atoms with E-state index >= 15 is 0 Å². The minimum atomic E-state index is -1.00. The third kappa shape index (κ3) is 3.31. The first-order chi connectivity index (χ1) is 7.67. The quantitative estimate of drug-likeness (QED) is 0.777. The molecule has 0 saturated heterocycles. The average Bonchev–Trinajstić information content (AvgIpc) is 2.29. The van der Waals surface area contributed by atoms with Crippen molar-refractivity contribution >= 4 is 5.97 Å². The van der Waals surface area contributed by atoms with Crippen LogP contribution in [0.2, 0.25) is 0 Å². The summed E-state index contributed by atoms with van der Waals surface area (Å²) >= 11 is 0. The van der Waals surface area contributed by atoms with Gasteiger partial charge < -0.3 is 14.6 Å². The Bertz CT molecular complexity index is 396. The maximum Gasteiger partial charge on any atom is 0.335 e. The van der Waals surface area contributed by atoms with Gasteiger partial charge in [0.25, 0.3) is 0 Å². The minimum Gasteiger partial charge on any atom is -0.497 e. The number of hydrogen-bond acceptors (Lipinski definition) is 3. The number of aromatic carboxylic acids is 1. The van der Waals surface area contributed by atoms with Crippen molar-refractivity contribution in [1.29, 1.82) is 0 Å². The lowest BCUT2D eigenvalue weighted by atomic mass is 10.2. The second-order valence-corrected chi connectivity index (χ2v) is 3.08.